The van der Waals surface area contributed by atoms with Crippen LogP contribution in [-0.4, -0.2) is 34.1 Å². The molecule has 0 radical (unpaired) electrons. The minimum absolute atomic E-state index is 0.0183. The van der Waals surface area contributed by atoms with E-state index in [9.17, 15) is 26.3 Å². The molecule has 27 heavy (non-hydrogen) atoms. The van der Waals surface area contributed by atoms with Crippen LogP contribution in [0, 0.1) is 0 Å². The molecule has 3 N–H and O–H groups in total. The van der Waals surface area contributed by atoms with Crippen LogP contribution in [0.15, 0.2) is 30.3 Å². The normalized spacial score (nSPS) is 13.2. The van der Waals surface area contributed by atoms with E-state index >= 15 is 0 Å². The first-order valence-electron chi connectivity index (χ1n) is 7.43. The van der Waals surface area contributed by atoms with Gasteiger partial charge in [-0.15, -0.1) is 13.2 Å². The largest absolute Gasteiger partial charge is 0.573 e. The lowest BCUT2D eigenvalue weighted by Crippen LogP contribution is -2.22. The lowest BCUT2D eigenvalue weighted by atomic mass is 10.3. The summed E-state index contributed by atoms with van der Waals surface area (Å²) in [5.41, 5.74) is -1.25. The number of hydrogen-bond donors (Lipinski definition) is 3. The van der Waals surface area contributed by atoms with Crippen molar-refractivity contribution in [3.05, 3.63) is 36.0 Å². The van der Waals surface area contributed by atoms with Crippen LogP contribution < -0.4 is 15.4 Å². The van der Waals surface area contributed by atoms with Gasteiger partial charge in [-0.3, -0.25) is 0 Å². The molecule has 0 aliphatic heterocycles. The highest BCUT2D eigenvalue weighted by Crippen LogP contribution is 2.31. The Labute approximate surface area is 149 Å². The van der Waals surface area contributed by atoms with Gasteiger partial charge in [0.1, 0.15) is 11.6 Å². The minimum atomic E-state index is -4.91. The Kier molecular flexibility index (Phi) is 5.98. The second-order valence-electron chi connectivity index (χ2n) is 5.39. The monoisotopic (exact) mass is 396 g/mol. The van der Waals surface area contributed by atoms with E-state index in [1.165, 1.54) is 19.1 Å². The first-order valence-corrected chi connectivity index (χ1v) is 7.43. The Morgan fingerprint density at radius 3 is 2.41 bits per heavy atom. The Morgan fingerprint density at radius 2 is 1.81 bits per heavy atom. The van der Waals surface area contributed by atoms with Crippen LogP contribution in [0.25, 0.3) is 0 Å². The Hall–Kier alpha value is -2.76. The number of anilines is 3. The molecule has 12 heteroatoms. The van der Waals surface area contributed by atoms with Crippen molar-refractivity contribution >= 4 is 17.5 Å². The average molecular weight is 396 g/mol. The zero-order valence-electron chi connectivity index (χ0n) is 13.7. The molecule has 0 saturated heterocycles. The third-order valence-corrected chi connectivity index (χ3v) is 3.01. The number of aliphatic hydroxyl groups excluding tert-OH is 1. The van der Waals surface area contributed by atoms with E-state index in [4.69, 9.17) is 5.11 Å². The van der Waals surface area contributed by atoms with Crippen molar-refractivity contribution in [2.75, 3.05) is 17.2 Å². The molecule has 1 aromatic carbocycles. The van der Waals surface area contributed by atoms with Crippen LogP contribution in [-0.2, 0) is 6.18 Å². The van der Waals surface area contributed by atoms with Crippen molar-refractivity contribution in [3.63, 3.8) is 0 Å². The van der Waals surface area contributed by atoms with E-state index < -0.39 is 36.0 Å². The molecule has 0 bridgehead atoms. The zero-order valence-corrected chi connectivity index (χ0v) is 13.7. The van der Waals surface area contributed by atoms with Crippen molar-refractivity contribution in [2.24, 2.45) is 0 Å². The molecular formula is C15H14F6N4O2. The summed E-state index contributed by atoms with van der Waals surface area (Å²) < 4.78 is 79.6. The van der Waals surface area contributed by atoms with Gasteiger partial charge in [-0.1, -0.05) is 6.07 Å². The van der Waals surface area contributed by atoms with Gasteiger partial charge in [0.2, 0.25) is 5.95 Å². The van der Waals surface area contributed by atoms with E-state index in [2.05, 4.69) is 25.3 Å². The lowest BCUT2D eigenvalue weighted by molar-refractivity contribution is -0.274. The Balaban J connectivity index is 2.32. The van der Waals surface area contributed by atoms with Crippen LogP contribution in [0.3, 0.4) is 0 Å². The van der Waals surface area contributed by atoms with Crippen molar-refractivity contribution < 1.29 is 36.2 Å². The topological polar surface area (TPSA) is 79.3 Å². The maximum atomic E-state index is 13.0. The predicted molar refractivity (Wildman–Crippen MR) is 83.6 cm³/mol. The summed E-state index contributed by atoms with van der Waals surface area (Å²) >= 11 is 0. The molecule has 0 spiro atoms. The van der Waals surface area contributed by atoms with Gasteiger partial charge in [-0.2, -0.15) is 18.2 Å². The Morgan fingerprint density at radius 1 is 1.11 bits per heavy atom. The number of hydrogen-bond acceptors (Lipinski definition) is 6. The third kappa shape index (κ3) is 6.47. The summed E-state index contributed by atoms with van der Waals surface area (Å²) in [6.07, 6.45) is -9.69. The summed E-state index contributed by atoms with van der Waals surface area (Å²) in [5, 5.41) is 14.0. The fraction of sp³-hybridized carbons (Fsp3) is 0.333. The SMILES string of the molecule is C[C@H](CO)Nc1nc(Nc2cccc(OC(F)(F)F)c2)cc(C(F)(F)F)n1. The average Bonchev–Trinajstić information content (AvgIpc) is 2.52. The molecule has 0 aliphatic carbocycles. The maximum Gasteiger partial charge on any atom is 0.573 e. The highest BCUT2D eigenvalue weighted by Gasteiger charge is 2.34. The standard InChI is InChI=1S/C15H14F6N4O2/c1-8(7-26)22-13-24-11(14(16,17)18)6-12(25-13)23-9-3-2-4-10(5-9)27-15(19,20)21/h2-6,8,26H,7H2,1H3,(H2,22,23,24,25)/t8-/m1/s1. The van der Waals surface area contributed by atoms with Crippen LogP contribution in [0.2, 0.25) is 0 Å². The number of aliphatic hydroxyl groups is 1. The first kappa shape index (κ1) is 20.6. The fourth-order valence-electron chi connectivity index (χ4n) is 1.91. The van der Waals surface area contributed by atoms with Gasteiger partial charge in [-0.05, 0) is 19.1 Å². The van der Waals surface area contributed by atoms with E-state index in [0.717, 1.165) is 12.1 Å². The lowest BCUT2D eigenvalue weighted by Gasteiger charge is -2.15. The molecular weight excluding hydrogens is 382 g/mol. The molecule has 1 atom stereocenters. The van der Waals surface area contributed by atoms with Crippen molar-refractivity contribution in [3.8, 4) is 5.75 Å². The third-order valence-electron chi connectivity index (χ3n) is 3.01. The van der Waals surface area contributed by atoms with Gasteiger partial charge in [0.15, 0.2) is 5.69 Å². The minimum Gasteiger partial charge on any atom is -0.406 e. The summed E-state index contributed by atoms with van der Waals surface area (Å²) in [6.45, 7) is 1.12. The van der Waals surface area contributed by atoms with Crippen LogP contribution in [0.1, 0.15) is 12.6 Å². The molecule has 0 unspecified atom stereocenters. The molecule has 0 amide bonds. The van der Waals surface area contributed by atoms with E-state index in [1.807, 2.05) is 0 Å². The molecule has 1 heterocycles. The van der Waals surface area contributed by atoms with E-state index in [1.54, 1.807) is 0 Å². The van der Waals surface area contributed by atoms with E-state index in [0.29, 0.717) is 6.07 Å². The summed E-state index contributed by atoms with van der Waals surface area (Å²) in [4.78, 5) is 7.16. The molecule has 6 nitrogen and oxygen atoms in total. The molecule has 0 aliphatic rings. The van der Waals surface area contributed by atoms with Crippen molar-refractivity contribution in [2.45, 2.75) is 25.5 Å². The number of ether oxygens (including phenoxy) is 1. The number of rotatable bonds is 6. The molecule has 2 rings (SSSR count). The van der Waals surface area contributed by atoms with Gasteiger partial charge < -0.3 is 20.5 Å². The first-order chi connectivity index (χ1) is 12.5. The van der Waals surface area contributed by atoms with Crippen molar-refractivity contribution in [1.29, 1.82) is 0 Å². The molecule has 148 valence electrons. The highest BCUT2D eigenvalue weighted by atomic mass is 19.4. The number of benzene rings is 1. The highest BCUT2D eigenvalue weighted by molar-refractivity contribution is 5.59. The van der Waals surface area contributed by atoms with Crippen LogP contribution in [0.4, 0.5) is 43.8 Å². The summed E-state index contributed by atoms with van der Waals surface area (Å²) in [5.74, 6) is -1.27. The zero-order chi connectivity index (χ0) is 20.2. The van der Waals surface area contributed by atoms with Gasteiger partial charge in [-0.25, -0.2) is 4.98 Å². The molecule has 2 aromatic rings. The second-order valence-corrected chi connectivity index (χ2v) is 5.39. The smallest absolute Gasteiger partial charge is 0.406 e. The second kappa shape index (κ2) is 7.86. The van der Waals surface area contributed by atoms with Crippen LogP contribution >= 0.6 is 0 Å². The quantitative estimate of drug-likeness (QED) is 0.643. The number of alkyl halides is 6. The van der Waals surface area contributed by atoms with Gasteiger partial charge in [0, 0.05) is 23.9 Å². The van der Waals surface area contributed by atoms with Gasteiger partial charge >= 0.3 is 12.5 Å². The Bertz CT molecular complexity index is 782. The number of nitrogens with one attached hydrogen (secondary N) is 2. The van der Waals surface area contributed by atoms with E-state index in [-0.39, 0.29) is 18.1 Å². The number of nitrogens with zero attached hydrogens (tertiary/aromatic N) is 2. The molecule has 1 aromatic heterocycles. The summed E-state index contributed by atoms with van der Waals surface area (Å²) in [7, 11) is 0. The number of aromatic nitrogens is 2. The van der Waals surface area contributed by atoms with Crippen molar-refractivity contribution in [1.82, 2.24) is 9.97 Å². The molecule has 0 saturated carbocycles. The fourth-order valence-corrected chi connectivity index (χ4v) is 1.91. The number of halogens is 6. The maximum absolute atomic E-state index is 13.0. The van der Waals surface area contributed by atoms with Gasteiger partial charge in [0.25, 0.3) is 0 Å². The summed E-state index contributed by atoms with van der Waals surface area (Å²) in [6, 6.07) is 4.52. The predicted octanol–water partition coefficient (Wildman–Crippen LogP) is 3.93. The van der Waals surface area contributed by atoms with Crippen LogP contribution in [0.5, 0.6) is 5.75 Å². The van der Waals surface area contributed by atoms with Gasteiger partial charge in [0.05, 0.1) is 6.61 Å². The molecule has 0 fully saturated rings.